The van der Waals surface area contributed by atoms with Crippen molar-refractivity contribution in [1.82, 2.24) is 10.2 Å². The molecule has 0 unspecified atom stereocenters. The Hall–Kier alpha value is -2.38. The summed E-state index contributed by atoms with van der Waals surface area (Å²) in [6, 6.07) is 5.34. The van der Waals surface area contributed by atoms with Crippen molar-refractivity contribution in [3.63, 3.8) is 0 Å². The third kappa shape index (κ3) is 3.38. The largest absolute Gasteiger partial charge is 0.455 e. The molecule has 2 aromatic rings. The fraction of sp³-hybridized carbons (Fsp3) is 0.471. The summed E-state index contributed by atoms with van der Waals surface area (Å²) in [4.78, 5) is 12.1. The zero-order chi connectivity index (χ0) is 17.6. The molecule has 0 aliphatic heterocycles. The number of rotatable bonds is 5. The van der Waals surface area contributed by atoms with Crippen molar-refractivity contribution in [1.29, 1.82) is 0 Å². The van der Waals surface area contributed by atoms with Gasteiger partial charge in [-0.3, -0.25) is 4.79 Å². The van der Waals surface area contributed by atoms with Crippen molar-refractivity contribution in [2.24, 2.45) is 5.92 Å². The number of carbonyl (C=O) groups is 1. The Balaban J connectivity index is 1.37. The molecule has 0 bridgehead atoms. The van der Waals surface area contributed by atoms with Crippen molar-refractivity contribution in [3.05, 3.63) is 47.2 Å². The second-order valence-electron chi connectivity index (χ2n) is 6.45. The van der Waals surface area contributed by atoms with Gasteiger partial charge in [0.15, 0.2) is 6.61 Å². The van der Waals surface area contributed by atoms with E-state index in [0.29, 0.717) is 18.2 Å². The molecule has 2 fully saturated rings. The maximum atomic E-state index is 13.1. The van der Waals surface area contributed by atoms with Gasteiger partial charge in [0.05, 0.1) is 11.5 Å². The van der Waals surface area contributed by atoms with Crippen LogP contribution >= 0.6 is 0 Å². The minimum Gasteiger partial charge on any atom is -0.455 e. The van der Waals surface area contributed by atoms with Crippen LogP contribution in [0.4, 0.5) is 13.2 Å². The summed E-state index contributed by atoms with van der Waals surface area (Å²) in [7, 11) is 0. The predicted octanol–water partition coefficient (Wildman–Crippen LogP) is 3.81. The lowest BCUT2D eigenvalue weighted by Crippen LogP contribution is -2.11. The van der Waals surface area contributed by atoms with Gasteiger partial charge < -0.3 is 9.15 Å². The lowest BCUT2D eigenvalue weighted by atomic mass is 10.0. The Morgan fingerprint density at radius 3 is 2.72 bits per heavy atom. The second kappa shape index (κ2) is 5.86. The summed E-state index contributed by atoms with van der Waals surface area (Å²) < 4.78 is 49.7. The molecule has 132 valence electrons. The number of carbonyl (C=O) groups excluding carboxylic acids is 1. The number of esters is 1. The zero-order valence-corrected chi connectivity index (χ0v) is 13.1. The molecule has 0 radical (unpaired) electrons. The van der Waals surface area contributed by atoms with E-state index in [2.05, 4.69) is 10.2 Å². The summed E-state index contributed by atoms with van der Waals surface area (Å²) in [5.41, 5.74) is -0.549. The lowest BCUT2D eigenvalue weighted by Gasteiger charge is -2.12. The van der Waals surface area contributed by atoms with Crippen LogP contribution in [-0.4, -0.2) is 16.2 Å². The number of ether oxygens (including phenoxy) is 1. The normalized spacial score (nSPS) is 22.7. The quantitative estimate of drug-likeness (QED) is 0.766. The van der Waals surface area contributed by atoms with Crippen LogP contribution in [0.25, 0.3) is 0 Å². The molecule has 8 heteroatoms. The summed E-state index contributed by atoms with van der Waals surface area (Å²) in [6.07, 6.45) is -2.05. The van der Waals surface area contributed by atoms with Gasteiger partial charge >= 0.3 is 12.1 Å². The maximum absolute atomic E-state index is 13.1. The zero-order valence-electron chi connectivity index (χ0n) is 13.1. The highest BCUT2D eigenvalue weighted by Gasteiger charge is 2.48. The molecule has 1 heterocycles. The Morgan fingerprint density at radius 2 is 2.00 bits per heavy atom. The highest BCUT2D eigenvalue weighted by Crippen LogP contribution is 2.51. The van der Waals surface area contributed by atoms with Gasteiger partial charge in [0.25, 0.3) is 5.89 Å². The van der Waals surface area contributed by atoms with E-state index in [0.717, 1.165) is 18.9 Å². The van der Waals surface area contributed by atoms with E-state index in [1.54, 1.807) is 6.07 Å². The first-order valence-corrected chi connectivity index (χ1v) is 8.08. The Morgan fingerprint density at radius 1 is 1.24 bits per heavy atom. The molecule has 1 aromatic carbocycles. The van der Waals surface area contributed by atoms with E-state index < -0.39 is 29.5 Å². The number of hydrogen-bond donors (Lipinski definition) is 0. The summed E-state index contributed by atoms with van der Waals surface area (Å²) >= 11 is 0. The summed E-state index contributed by atoms with van der Waals surface area (Å²) in [6.45, 7) is -0.150. The monoisotopic (exact) mass is 352 g/mol. The van der Waals surface area contributed by atoms with Gasteiger partial charge in [-0.2, -0.15) is 13.2 Å². The minimum atomic E-state index is -4.43. The van der Waals surface area contributed by atoms with E-state index in [-0.39, 0.29) is 18.1 Å². The lowest BCUT2D eigenvalue weighted by molar-refractivity contribution is -0.147. The molecule has 0 saturated heterocycles. The average Bonchev–Trinajstić information content (AvgIpc) is 3.50. The highest BCUT2D eigenvalue weighted by molar-refractivity contribution is 5.77. The molecule has 5 nitrogen and oxygen atoms in total. The van der Waals surface area contributed by atoms with Crippen molar-refractivity contribution >= 4 is 5.97 Å². The van der Waals surface area contributed by atoms with Crippen LogP contribution in [-0.2, 0) is 22.3 Å². The Kier molecular flexibility index (Phi) is 3.77. The molecule has 2 saturated carbocycles. The van der Waals surface area contributed by atoms with Crippen molar-refractivity contribution in [3.8, 4) is 0 Å². The van der Waals surface area contributed by atoms with Crippen LogP contribution in [0.5, 0.6) is 0 Å². The average molecular weight is 352 g/mol. The van der Waals surface area contributed by atoms with Crippen LogP contribution in [0, 0.1) is 5.92 Å². The third-order valence-corrected chi connectivity index (χ3v) is 4.51. The summed E-state index contributed by atoms with van der Waals surface area (Å²) in [5, 5.41) is 7.69. The van der Waals surface area contributed by atoms with Crippen molar-refractivity contribution < 1.29 is 27.1 Å². The number of nitrogens with zero attached hydrogens (tertiary/aromatic N) is 2. The van der Waals surface area contributed by atoms with Crippen LogP contribution in [0.2, 0.25) is 0 Å². The maximum Gasteiger partial charge on any atom is 0.416 e. The molecule has 25 heavy (non-hydrogen) atoms. The van der Waals surface area contributed by atoms with Gasteiger partial charge in [-0.15, -0.1) is 10.2 Å². The van der Waals surface area contributed by atoms with Gasteiger partial charge in [0, 0.05) is 5.92 Å². The molecule has 2 atom stereocenters. The Bertz CT molecular complexity index is 798. The molecule has 0 amide bonds. The van der Waals surface area contributed by atoms with Crippen LogP contribution in [0.15, 0.2) is 28.7 Å². The minimum absolute atomic E-state index is 0.144. The highest BCUT2D eigenvalue weighted by atomic mass is 19.4. The number of hydrogen-bond acceptors (Lipinski definition) is 5. The fourth-order valence-electron chi connectivity index (χ4n) is 2.94. The molecule has 4 rings (SSSR count). The number of benzene rings is 1. The number of halogens is 3. The van der Waals surface area contributed by atoms with Gasteiger partial charge in [-0.05, 0) is 36.8 Å². The van der Waals surface area contributed by atoms with E-state index in [1.807, 2.05) is 0 Å². The smallest absolute Gasteiger partial charge is 0.416 e. The van der Waals surface area contributed by atoms with Gasteiger partial charge in [0.1, 0.15) is 0 Å². The van der Waals surface area contributed by atoms with E-state index >= 15 is 0 Å². The molecule has 2 aliphatic carbocycles. The molecular formula is C17H15F3N2O3. The van der Waals surface area contributed by atoms with Gasteiger partial charge in [-0.1, -0.05) is 18.2 Å². The standard InChI is InChI=1S/C17H15F3N2O3/c18-17(19,20)13-4-2-1-3-10(13)11-7-12(11)16(23)24-8-14-21-22-15(25-14)9-5-6-9/h1-4,9,11-12H,5-8H2/t11-,12+/m1/s1. The predicted molar refractivity (Wildman–Crippen MR) is 78.4 cm³/mol. The molecule has 1 aromatic heterocycles. The van der Waals surface area contributed by atoms with E-state index in [9.17, 15) is 18.0 Å². The van der Waals surface area contributed by atoms with Crippen LogP contribution in [0.3, 0.4) is 0 Å². The van der Waals surface area contributed by atoms with Crippen molar-refractivity contribution in [2.45, 2.75) is 43.9 Å². The molecule has 2 aliphatic rings. The second-order valence-corrected chi connectivity index (χ2v) is 6.45. The SMILES string of the molecule is O=C(OCc1nnc(C2CC2)o1)[C@H]1C[C@@H]1c1ccccc1C(F)(F)F. The third-order valence-electron chi connectivity index (χ3n) is 4.51. The van der Waals surface area contributed by atoms with Crippen molar-refractivity contribution in [2.75, 3.05) is 0 Å². The topological polar surface area (TPSA) is 65.2 Å². The molecule has 0 spiro atoms. The van der Waals surface area contributed by atoms with Gasteiger partial charge in [0.2, 0.25) is 5.89 Å². The van der Waals surface area contributed by atoms with E-state index in [1.165, 1.54) is 12.1 Å². The fourth-order valence-corrected chi connectivity index (χ4v) is 2.94. The first-order chi connectivity index (χ1) is 11.9. The molecule has 0 N–H and O–H groups in total. The first kappa shape index (κ1) is 16.1. The van der Waals surface area contributed by atoms with Gasteiger partial charge in [-0.25, -0.2) is 0 Å². The Labute approximate surface area is 141 Å². The van der Waals surface area contributed by atoms with E-state index in [4.69, 9.17) is 9.15 Å². The van der Waals surface area contributed by atoms with Crippen LogP contribution < -0.4 is 0 Å². The first-order valence-electron chi connectivity index (χ1n) is 8.08. The number of aromatic nitrogens is 2. The summed E-state index contributed by atoms with van der Waals surface area (Å²) in [5.74, 6) is -0.487. The molecular weight excluding hydrogens is 337 g/mol. The number of alkyl halides is 3. The van der Waals surface area contributed by atoms with Crippen LogP contribution in [0.1, 0.15) is 54.0 Å².